The SMILES string of the molecule is c1ccc(-c2ccc3c(c2)oc2c4cccc5c4c4c(cccc4c4c6ccc(-c7ccccc7)cc6n(-c6ccccc6)c54)c32)cc1. The van der Waals surface area contributed by atoms with E-state index in [1.807, 2.05) is 0 Å². The highest BCUT2D eigenvalue weighted by molar-refractivity contribution is 6.43. The molecule has 0 aliphatic rings. The fourth-order valence-corrected chi connectivity index (χ4v) is 8.28. The molecule has 0 fully saturated rings. The van der Waals surface area contributed by atoms with Crippen LogP contribution in [0.25, 0.3) is 104 Å². The molecule has 48 heavy (non-hydrogen) atoms. The largest absolute Gasteiger partial charge is 0.455 e. The summed E-state index contributed by atoms with van der Waals surface area (Å²) in [6, 6.07) is 59.2. The molecule has 0 saturated carbocycles. The van der Waals surface area contributed by atoms with Crippen molar-refractivity contribution in [3.05, 3.63) is 164 Å². The number of furan rings is 1. The van der Waals surface area contributed by atoms with Gasteiger partial charge >= 0.3 is 0 Å². The van der Waals surface area contributed by atoms with Crippen LogP contribution in [0.5, 0.6) is 0 Å². The Balaban J connectivity index is 1.33. The van der Waals surface area contributed by atoms with Gasteiger partial charge in [0.2, 0.25) is 0 Å². The molecule has 2 nitrogen and oxygen atoms in total. The predicted octanol–water partition coefficient (Wildman–Crippen LogP) is 12.9. The van der Waals surface area contributed by atoms with Crippen LogP contribution in [-0.4, -0.2) is 4.57 Å². The highest BCUT2D eigenvalue weighted by Crippen LogP contribution is 2.50. The minimum atomic E-state index is 0.917. The third-order valence-electron chi connectivity index (χ3n) is 10.3. The number of nitrogens with zero attached hydrogens (tertiary/aromatic N) is 1. The maximum atomic E-state index is 6.87. The molecular formula is C46H27NO. The fourth-order valence-electron chi connectivity index (χ4n) is 8.28. The summed E-state index contributed by atoms with van der Waals surface area (Å²) in [6.07, 6.45) is 0. The summed E-state index contributed by atoms with van der Waals surface area (Å²) in [7, 11) is 0. The summed E-state index contributed by atoms with van der Waals surface area (Å²) in [5.74, 6) is 0. The third kappa shape index (κ3) is 3.41. The van der Waals surface area contributed by atoms with E-state index in [-0.39, 0.29) is 0 Å². The summed E-state index contributed by atoms with van der Waals surface area (Å²) < 4.78 is 9.35. The monoisotopic (exact) mass is 609 g/mol. The van der Waals surface area contributed by atoms with E-state index in [0.29, 0.717) is 0 Å². The van der Waals surface area contributed by atoms with Crippen LogP contribution < -0.4 is 0 Å². The number of rotatable bonds is 3. The highest BCUT2D eigenvalue weighted by Gasteiger charge is 2.25. The van der Waals surface area contributed by atoms with Crippen LogP contribution in [0.4, 0.5) is 0 Å². The lowest BCUT2D eigenvalue weighted by Crippen LogP contribution is -1.95. The maximum Gasteiger partial charge on any atom is 0.143 e. The Morgan fingerprint density at radius 2 is 0.917 bits per heavy atom. The van der Waals surface area contributed by atoms with Gasteiger partial charge in [0.05, 0.1) is 11.0 Å². The van der Waals surface area contributed by atoms with E-state index in [1.165, 1.54) is 70.8 Å². The van der Waals surface area contributed by atoms with Crippen molar-refractivity contribution in [1.29, 1.82) is 0 Å². The minimum Gasteiger partial charge on any atom is -0.455 e. The van der Waals surface area contributed by atoms with E-state index in [9.17, 15) is 0 Å². The van der Waals surface area contributed by atoms with E-state index in [4.69, 9.17) is 4.42 Å². The second kappa shape index (κ2) is 9.57. The molecule has 0 aliphatic carbocycles. The van der Waals surface area contributed by atoms with Crippen molar-refractivity contribution in [1.82, 2.24) is 4.57 Å². The summed E-state index contributed by atoms with van der Waals surface area (Å²) in [5, 5.41) is 12.3. The first-order chi connectivity index (χ1) is 23.8. The van der Waals surface area contributed by atoms with Crippen molar-refractivity contribution in [3.63, 3.8) is 0 Å². The van der Waals surface area contributed by atoms with Gasteiger partial charge < -0.3 is 8.98 Å². The molecule has 0 unspecified atom stereocenters. The third-order valence-corrected chi connectivity index (χ3v) is 10.3. The van der Waals surface area contributed by atoms with Crippen molar-refractivity contribution < 1.29 is 4.42 Å². The molecule has 2 heteroatoms. The molecule has 0 bridgehead atoms. The average molecular weight is 610 g/mol. The predicted molar refractivity (Wildman–Crippen MR) is 203 cm³/mol. The van der Waals surface area contributed by atoms with Crippen LogP contribution >= 0.6 is 0 Å². The van der Waals surface area contributed by atoms with Crippen LogP contribution in [0.2, 0.25) is 0 Å². The Kier molecular flexibility index (Phi) is 5.14. The van der Waals surface area contributed by atoms with E-state index in [1.54, 1.807) is 0 Å². The number of para-hydroxylation sites is 1. The lowest BCUT2D eigenvalue weighted by Gasteiger charge is -2.16. The van der Waals surface area contributed by atoms with Crippen LogP contribution in [0.3, 0.4) is 0 Å². The van der Waals surface area contributed by atoms with Crippen LogP contribution in [0, 0.1) is 0 Å². The van der Waals surface area contributed by atoms with Gasteiger partial charge in [-0.05, 0) is 68.7 Å². The quantitative estimate of drug-likeness (QED) is 0.182. The van der Waals surface area contributed by atoms with E-state index >= 15 is 0 Å². The highest BCUT2D eigenvalue weighted by atomic mass is 16.3. The Labute approximate surface area is 276 Å². The van der Waals surface area contributed by atoms with Crippen LogP contribution in [0.15, 0.2) is 168 Å². The van der Waals surface area contributed by atoms with Gasteiger partial charge in [0.15, 0.2) is 0 Å². The van der Waals surface area contributed by atoms with Crippen molar-refractivity contribution in [3.8, 4) is 27.9 Å². The normalized spacial score (nSPS) is 12.2. The van der Waals surface area contributed by atoms with Crippen molar-refractivity contribution in [2.45, 2.75) is 0 Å². The number of fused-ring (bicyclic) bond motifs is 10. The number of benzene rings is 9. The van der Waals surface area contributed by atoms with E-state index < -0.39 is 0 Å². The number of aromatic nitrogens is 1. The zero-order chi connectivity index (χ0) is 31.3. The smallest absolute Gasteiger partial charge is 0.143 e. The lowest BCUT2D eigenvalue weighted by molar-refractivity contribution is 0.673. The van der Waals surface area contributed by atoms with Crippen LogP contribution in [0.1, 0.15) is 0 Å². The van der Waals surface area contributed by atoms with Crippen molar-refractivity contribution in [2.75, 3.05) is 0 Å². The van der Waals surface area contributed by atoms with Gasteiger partial charge in [0, 0.05) is 43.4 Å². The van der Waals surface area contributed by atoms with Gasteiger partial charge in [-0.25, -0.2) is 0 Å². The molecule has 9 aromatic carbocycles. The van der Waals surface area contributed by atoms with E-state index in [0.717, 1.165) is 33.2 Å². The first kappa shape index (κ1) is 25.8. The molecule has 0 saturated heterocycles. The Morgan fingerprint density at radius 3 is 1.62 bits per heavy atom. The maximum absolute atomic E-state index is 6.87. The van der Waals surface area contributed by atoms with Gasteiger partial charge in [0.25, 0.3) is 0 Å². The Hall–Kier alpha value is -6.38. The summed E-state index contributed by atoms with van der Waals surface area (Å²) in [6.45, 7) is 0. The zero-order valence-electron chi connectivity index (χ0n) is 25.9. The van der Waals surface area contributed by atoms with Gasteiger partial charge in [0.1, 0.15) is 11.2 Å². The first-order valence-corrected chi connectivity index (χ1v) is 16.5. The standard InChI is InChI=1S/C46H27NO/c1-4-12-28(13-5-1)30-22-24-33-39(26-30)47(32-16-8-3-9-17-32)45-37-20-11-21-38-42(37)41-35(43(33)45)18-10-19-36(41)44-34-25-23-31(27-40(34)48-46(38)44)29-14-6-2-7-15-29/h1-27H. The summed E-state index contributed by atoms with van der Waals surface area (Å²) >= 11 is 0. The van der Waals surface area contributed by atoms with Gasteiger partial charge in [-0.3, -0.25) is 0 Å². The lowest BCUT2D eigenvalue weighted by atomic mass is 9.88. The van der Waals surface area contributed by atoms with Crippen molar-refractivity contribution in [2.24, 2.45) is 0 Å². The molecule has 0 atom stereocenters. The van der Waals surface area contributed by atoms with Gasteiger partial charge in [-0.1, -0.05) is 133 Å². The van der Waals surface area contributed by atoms with Crippen LogP contribution in [-0.2, 0) is 0 Å². The van der Waals surface area contributed by atoms with E-state index in [2.05, 4.69) is 168 Å². The molecule has 11 aromatic rings. The van der Waals surface area contributed by atoms with Gasteiger partial charge in [-0.2, -0.15) is 0 Å². The molecule has 0 amide bonds. The molecule has 222 valence electrons. The summed E-state index contributed by atoms with van der Waals surface area (Å²) in [4.78, 5) is 0. The average Bonchev–Trinajstić information content (AvgIpc) is 3.72. The summed E-state index contributed by atoms with van der Waals surface area (Å²) in [5.41, 5.74) is 10.2. The fraction of sp³-hybridized carbons (Fsp3) is 0. The zero-order valence-corrected chi connectivity index (χ0v) is 25.9. The van der Waals surface area contributed by atoms with Crippen molar-refractivity contribution >= 4 is 76.1 Å². The molecule has 0 spiro atoms. The molecular weight excluding hydrogens is 583 g/mol. The molecule has 11 rings (SSSR count). The molecule has 0 N–H and O–H groups in total. The minimum absolute atomic E-state index is 0.917. The second-order valence-corrected chi connectivity index (χ2v) is 12.8. The number of hydrogen-bond donors (Lipinski definition) is 0. The Bertz CT molecular complexity index is 3020. The van der Waals surface area contributed by atoms with Gasteiger partial charge in [-0.15, -0.1) is 0 Å². The topological polar surface area (TPSA) is 18.1 Å². The molecule has 2 aromatic heterocycles. The Morgan fingerprint density at radius 1 is 0.354 bits per heavy atom. The first-order valence-electron chi connectivity index (χ1n) is 16.5. The molecule has 0 radical (unpaired) electrons. The molecule has 0 aliphatic heterocycles. The molecule has 2 heterocycles. The number of hydrogen-bond acceptors (Lipinski definition) is 1. The second-order valence-electron chi connectivity index (χ2n) is 12.8.